The largest absolute Gasteiger partial charge is 0.472 e. The zero-order valence-electron chi connectivity index (χ0n) is 15.3. The van der Waals surface area contributed by atoms with Crippen LogP contribution in [0.3, 0.4) is 0 Å². The number of aromatic nitrogens is 4. The van der Waals surface area contributed by atoms with Crippen LogP contribution in [-0.4, -0.2) is 49.0 Å². The molecule has 5 rings (SSSR count). The molecule has 2 bridgehead atoms. The first kappa shape index (κ1) is 18.2. The van der Waals surface area contributed by atoms with Crippen LogP contribution in [-0.2, 0) is 0 Å². The van der Waals surface area contributed by atoms with Crippen LogP contribution in [0.25, 0.3) is 5.69 Å². The fourth-order valence-corrected chi connectivity index (χ4v) is 4.56. The number of ether oxygens (including phenoxy) is 1. The van der Waals surface area contributed by atoms with Gasteiger partial charge in [0.05, 0.1) is 24.0 Å². The molecule has 3 atom stereocenters. The Hall–Kier alpha value is -2.81. The standard InChI is InChI=1S/C20H17BrFN5O2/c21-12-4-7-18(23-11-12)29-17-10-13-5-6-16(17)26(13)20(28)14-2-1-3-15(22)19(14)27-24-8-9-25-27/h1-4,7-9,11,13,16-17H,5-6,10H2. The number of nitrogens with zero attached hydrogens (tertiary/aromatic N) is 5. The zero-order chi connectivity index (χ0) is 20.0. The van der Waals surface area contributed by atoms with Gasteiger partial charge in [-0.2, -0.15) is 10.2 Å². The van der Waals surface area contributed by atoms with Crippen LogP contribution < -0.4 is 4.74 Å². The van der Waals surface area contributed by atoms with Crippen molar-refractivity contribution >= 4 is 21.8 Å². The lowest BCUT2D eigenvalue weighted by Crippen LogP contribution is -2.39. The summed E-state index contributed by atoms with van der Waals surface area (Å²) < 4.78 is 21.5. The topological polar surface area (TPSA) is 73.1 Å². The molecule has 2 aromatic heterocycles. The second-order valence-electron chi connectivity index (χ2n) is 7.17. The highest BCUT2D eigenvalue weighted by Crippen LogP contribution is 2.41. The van der Waals surface area contributed by atoms with Crippen LogP contribution in [0.2, 0.25) is 0 Å². The van der Waals surface area contributed by atoms with Crippen molar-refractivity contribution in [1.82, 2.24) is 24.9 Å². The summed E-state index contributed by atoms with van der Waals surface area (Å²) in [5, 5.41) is 8.01. The Morgan fingerprint density at radius 2 is 2.00 bits per heavy atom. The van der Waals surface area contributed by atoms with Gasteiger partial charge < -0.3 is 9.64 Å². The molecule has 2 fully saturated rings. The second-order valence-corrected chi connectivity index (χ2v) is 8.09. The van der Waals surface area contributed by atoms with Gasteiger partial charge >= 0.3 is 0 Å². The lowest BCUT2D eigenvalue weighted by molar-refractivity contribution is 0.0681. The van der Waals surface area contributed by atoms with E-state index in [-0.39, 0.29) is 35.3 Å². The first-order valence-electron chi connectivity index (χ1n) is 9.38. The van der Waals surface area contributed by atoms with E-state index in [1.807, 2.05) is 11.0 Å². The smallest absolute Gasteiger partial charge is 0.256 e. The predicted octanol–water partition coefficient (Wildman–Crippen LogP) is 3.39. The Bertz CT molecular complexity index is 1040. The van der Waals surface area contributed by atoms with Crippen molar-refractivity contribution in [3.63, 3.8) is 0 Å². The van der Waals surface area contributed by atoms with E-state index < -0.39 is 5.82 Å². The summed E-state index contributed by atoms with van der Waals surface area (Å²) in [6, 6.07) is 8.12. The number of hydrogen-bond acceptors (Lipinski definition) is 5. The molecule has 29 heavy (non-hydrogen) atoms. The van der Waals surface area contributed by atoms with Crippen molar-refractivity contribution in [3.05, 3.63) is 64.8 Å². The van der Waals surface area contributed by atoms with Crippen molar-refractivity contribution < 1.29 is 13.9 Å². The maximum Gasteiger partial charge on any atom is 0.256 e. The number of benzene rings is 1. The molecule has 0 saturated carbocycles. The molecule has 0 N–H and O–H groups in total. The molecule has 148 valence electrons. The molecule has 3 aromatic rings. The number of carbonyl (C=O) groups excluding carboxylic acids is 1. The fourth-order valence-electron chi connectivity index (χ4n) is 4.33. The lowest BCUT2D eigenvalue weighted by atomic mass is 9.98. The molecule has 2 saturated heterocycles. The van der Waals surface area contributed by atoms with E-state index in [4.69, 9.17) is 4.74 Å². The molecule has 1 aromatic carbocycles. The first-order valence-corrected chi connectivity index (χ1v) is 10.2. The highest BCUT2D eigenvalue weighted by atomic mass is 79.9. The number of amides is 1. The van der Waals surface area contributed by atoms with Gasteiger partial charge in [-0.1, -0.05) is 6.07 Å². The van der Waals surface area contributed by atoms with E-state index >= 15 is 0 Å². The molecular formula is C20H17BrFN5O2. The van der Waals surface area contributed by atoms with Gasteiger partial charge in [0.1, 0.15) is 11.8 Å². The van der Waals surface area contributed by atoms with Gasteiger partial charge in [0.2, 0.25) is 5.88 Å². The van der Waals surface area contributed by atoms with Gasteiger partial charge in [-0.3, -0.25) is 4.79 Å². The maximum absolute atomic E-state index is 14.6. The Morgan fingerprint density at radius 3 is 2.76 bits per heavy atom. The van der Waals surface area contributed by atoms with Crippen LogP contribution in [0.4, 0.5) is 4.39 Å². The lowest BCUT2D eigenvalue weighted by Gasteiger charge is -2.25. The van der Waals surface area contributed by atoms with E-state index in [0.29, 0.717) is 5.88 Å². The fraction of sp³-hybridized carbons (Fsp3) is 0.300. The van der Waals surface area contributed by atoms with Crippen molar-refractivity contribution in [3.8, 4) is 11.6 Å². The van der Waals surface area contributed by atoms with E-state index in [9.17, 15) is 9.18 Å². The number of rotatable bonds is 4. The van der Waals surface area contributed by atoms with Crippen LogP contribution in [0, 0.1) is 5.82 Å². The van der Waals surface area contributed by atoms with E-state index in [0.717, 1.165) is 28.5 Å². The monoisotopic (exact) mass is 457 g/mol. The summed E-state index contributed by atoms with van der Waals surface area (Å²) in [5.41, 5.74) is 0.321. The van der Waals surface area contributed by atoms with Crippen molar-refractivity contribution in [2.24, 2.45) is 0 Å². The number of halogens is 2. The minimum Gasteiger partial charge on any atom is -0.472 e. The van der Waals surface area contributed by atoms with Crippen LogP contribution in [0.5, 0.6) is 5.88 Å². The van der Waals surface area contributed by atoms with Gasteiger partial charge in [0, 0.05) is 29.2 Å². The van der Waals surface area contributed by atoms with Gasteiger partial charge in [0.15, 0.2) is 5.82 Å². The molecule has 2 aliphatic heterocycles. The molecule has 3 unspecified atom stereocenters. The molecule has 0 aliphatic carbocycles. The normalized spacial score (nSPS) is 22.8. The van der Waals surface area contributed by atoms with E-state index in [1.165, 1.54) is 24.5 Å². The summed E-state index contributed by atoms with van der Waals surface area (Å²) in [4.78, 5) is 20.7. The molecule has 9 heteroatoms. The van der Waals surface area contributed by atoms with Crippen LogP contribution in [0.15, 0.2) is 53.4 Å². The van der Waals surface area contributed by atoms with Crippen LogP contribution >= 0.6 is 15.9 Å². The minimum absolute atomic E-state index is 0.0645. The number of carbonyl (C=O) groups is 1. The molecule has 4 heterocycles. The quantitative estimate of drug-likeness (QED) is 0.600. The van der Waals surface area contributed by atoms with Gasteiger partial charge in [-0.25, -0.2) is 9.37 Å². The zero-order valence-corrected chi connectivity index (χ0v) is 16.9. The van der Waals surface area contributed by atoms with E-state index in [2.05, 4.69) is 31.1 Å². The average molecular weight is 458 g/mol. The van der Waals surface area contributed by atoms with Crippen molar-refractivity contribution in [1.29, 1.82) is 0 Å². The van der Waals surface area contributed by atoms with Crippen molar-refractivity contribution in [2.45, 2.75) is 37.5 Å². The van der Waals surface area contributed by atoms with Gasteiger partial charge in [-0.15, -0.1) is 4.80 Å². The van der Waals surface area contributed by atoms with E-state index in [1.54, 1.807) is 18.3 Å². The third kappa shape index (κ3) is 3.19. The molecule has 0 radical (unpaired) electrons. The summed E-state index contributed by atoms with van der Waals surface area (Å²) >= 11 is 3.36. The minimum atomic E-state index is -0.537. The third-order valence-corrected chi connectivity index (χ3v) is 5.99. The molecule has 0 spiro atoms. The van der Waals surface area contributed by atoms with Crippen molar-refractivity contribution in [2.75, 3.05) is 0 Å². The average Bonchev–Trinajstić information content (AvgIpc) is 3.45. The number of hydrogen-bond donors (Lipinski definition) is 0. The Balaban J connectivity index is 1.43. The molecule has 7 nitrogen and oxygen atoms in total. The summed E-state index contributed by atoms with van der Waals surface area (Å²) in [5.74, 6) is -0.227. The third-order valence-electron chi connectivity index (χ3n) is 5.52. The predicted molar refractivity (Wildman–Crippen MR) is 105 cm³/mol. The summed E-state index contributed by atoms with van der Waals surface area (Å²) in [7, 11) is 0. The van der Waals surface area contributed by atoms with Crippen LogP contribution in [0.1, 0.15) is 29.6 Å². The SMILES string of the molecule is O=C(c1cccc(F)c1-n1nccn1)N1C2CCC1C(Oc1ccc(Br)cn1)C2. The highest BCUT2D eigenvalue weighted by Gasteiger charge is 2.50. The number of para-hydroxylation sites is 1. The molecular weight excluding hydrogens is 441 g/mol. The van der Waals surface area contributed by atoms with Gasteiger partial charge in [-0.05, 0) is 47.0 Å². The highest BCUT2D eigenvalue weighted by molar-refractivity contribution is 9.10. The van der Waals surface area contributed by atoms with Gasteiger partial charge in [0.25, 0.3) is 5.91 Å². The first-order chi connectivity index (χ1) is 14.1. The maximum atomic E-state index is 14.6. The molecule has 2 aliphatic rings. The Labute approximate surface area is 174 Å². The Morgan fingerprint density at radius 1 is 1.17 bits per heavy atom. The summed E-state index contributed by atoms with van der Waals surface area (Å²) in [6.07, 6.45) is 6.95. The Kier molecular flexibility index (Phi) is 4.54. The number of fused-ring (bicyclic) bond motifs is 2. The second kappa shape index (κ2) is 7.22. The molecule has 1 amide bonds. The number of pyridine rings is 1. The summed E-state index contributed by atoms with van der Waals surface area (Å²) in [6.45, 7) is 0.